The minimum Gasteiger partial charge on any atom is -0.376 e. The van der Waals surface area contributed by atoms with E-state index in [0.29, 0.717) is 4.90 Å². The van der Waals surface area contributed by atoms with Crippen LogP contribution in [0.25, 0.3) is 0 Å². The van der Waals surface area contributed by atoms with Crippen LogP contribution in [0.2, 0.25) is 20.1 Å². The lowest BCUT2D eigenvalue weighted by molar-refractivity contribution is 0.451. The van der Waals surface area contributed by atoms with Gasteiger partial charge in [-0.2, -0.15) is 0 Å². The predicted molar refractivity (Wildman–Crippen MR) is 104 cm³/mol. The SMILES string of the molecule is NC(=S)N(C(=S)c1c(F)c(F)cc(F)c1F)c1c(Cl)c(Cl)cc(Cl)c1Cl. The van der Waals surface area contributed by atoms with Crippen molar-refractivity contribution in [3.63, 3.8) is 0 Å². The maximum atomic E-state index is 14.1. The summed E-state index contributed by atoms with van der Waals surface area (Å²) in [5, 5.41) is -1.30. The van der Waals surface area contributed by atoms with Gasteiger partial charge in [-0.05, 0) is 18.3 Å². The lowest BCUT2D eigenvalue weighted by Gasteiger charge is -2.27. The second-order valence-electron chi connectivity index (χ2n) is 4.64. The normalized spacial score (nSPS) is 10.8. The molecule has 0 aliphatic rings. The van der Waals surface area contributed by atoms with E-state index in [9.17, 15) is 17.6 Å². The molecule has 2 aromatic rings. The van der Waals surface area contributed by atoms with E-state index in [1.807, 2.05) is 0 Å². The smallest absolute Gasteiger partial charge is 0.176 e. The first-order valence-corrected chi connectivity index (χ1v) is 8.61. The van der Waals surface area contributed by atoms with Gasteiger partial charge in [-0.15, -0.1) is 0 Å². The number of hydrogen-bond acceptors (Lipinski definition) is 2. The molecule has 0 saturated heterocycles. The Bertz CT molecular complexity index is 903. The second-order valence-corrected chi connectivity index (χ2v) is 7.01. The molecule has 26 heavy (non-hydrogen) atoms. The fraction of sp³-hybridized carbons (Fsp3) is 0. The molecule has 2 nitrogen and oxygen atoms in total. The fourth-order valence-corrected chi connectivity index (χ4v) is 3.52. The molecule has 2 N–H and O–H groups in total. The van der Waals surface area contributed by atoms with Crippen molar-refractivity contribution >= 4 is 86.6 Å². The first kappa shape index (κ1) is 21.4. The van der Waals surface area contributed by atoms with Crippen LogP contribution in [0.1, 0.15) is 5.56 Å². The highest BCUT2D eigenvalue weighted by Gasteiger charge is 2.31. The Labute approximate surface area is 175 Å². The van der Waals surface area contributed by atoms with Gasteiger partial charge in [0, 0.05) is 6.07 Å². The Morgan fingerprint density at radius 3 is 1.65 bits per heavy atom. The van der Waals surface area contributed by atoms with Crippen LogP contribution < -0.4 is 10.6 Å². The number of hydrogen-bond donors (Lipinski definition) is 1. The summed E-state index contributed by atoms with van der Waals surface area (Å²) in [5.41, 5.74) is 4.03. The van der Waals surface area contributed by atoms with Crippen LogP contribution in [0.3, 0.4) is 0 Å². The molecular weight excluding hydrogens is 478 g/mol. The topological polar surface area (TPSA) is 29.3 Å². The van der Waals surface area contributed by atoms with E-state index in [0.717, 1.165) is 0 Å². The van der Waals surface area contributed by atoms with Crippen molar-refractivity contribution in [3.05, 3.63) is 61.1 Å². The monoisotopic (exact) mass is 480 g/mol. The fourth-order valence-electron chi connectivity index (χ4n) is 1.94. The second kappa shape index (κ2) is 8.00. The molecule has 0 bridgehead atoms. The van der Waals surface area contributed by atoms with Crippen molar-refractivity contribution in [3.8, 4) is 0 Å². The molecule has 2 rings (SSSR count). The molecule has 0 aromatic heterocycles. The third-order valence-electron chi connectivity index (χ3n) is 3.06. The first-order valence-electron chi connectivity index (χ1n) is 6.28. The summed E-state index contributed by atoms with van der Waals surface area (Å²) >= 11 is 33.7. The average molecular weight is 482 g/mol. The number of thiocarbonyl (C=S) groups is 2. The summed E-state index contributed by atoms with van der Waals surface area (Å²) in [6.45, 7) is 0. The van der Waals surface area contributed by atoms with Gasteiger partial charge in [-0.3, -0.25) is 4.90 Å². The van der Waals surface area contributed by atoms with Crippen LogP contribution in [0.5, 0.6) is 0 Å². The zero-order valence-corrected chi connectivity index (χ0v) is 16.7. The predicted octanol–water partition coefficient (Wildman–Crippen LogP) is 6.28. The number of nitrogens with zero attached hydrogens (tertiary/aromatic N) is 1. The van der Waals surface area contributed by atoms with Crippen molar-refractivity contribution in [2.75, 3.05) is 4.90 Å². The Kier molecular flexibility index (Phi) is 6.58. The van der Waals surface area contributed by atoms with Crippen molar-refractivity contribution in [2.45, 2.75) is 0 Å². The summed E-state index contributed by atoms with van der Waals surface area (Å²) in [7, 11) is 0. The molecule has 0 heterocycles. The standard InChI is InChI=1S/C14H4Cl4F4N2S2/c15-3-1-4(16)9(18)12(8(3)17)24(14(23)26)13(25)7-10(21)5(19)2-6(20)11(7)22/h1-2H,(H2,23,26). The van der Waals surface area contributed by atoms with E-state index in [4.69, 9.17) is 76.6 Å². The minimum atomic E-state index is -1.75. The maximum Gasteiger partial charge on any atom is 0.176 e. The van der Waals surface area contributed by atoms with Gasteiger partial charge in [0.25, 0.3) is 0 Å². The molecule has 0 amide bonds. The average Bonchev–Trinajstić information content (AvgIpc) is 2.54. The van der Waals surface area contributed by atoms with E-state index in [1.54, 1.807) is 0 Å². The largest absolute Gasteiger partial charge is 0.376 e. The number of anilines is 1. The van der Waals surface area contributed by atoms with Crippen molar-refractivity contribution in [2.24, 2.45) is 5.73 Å². The number of benzene rings is 2. The van der Waals surface area contributed by atoms with Gasteiger partial charge in [-0.1, -0.05) is 58.6 Å². The third kappa shape index (κ3) is 3.72. The molecule has 12 heteroatoms. The molecule has 0 atom stereocenters. The van der Waals surface area contributed by atoms with E-state index >= 15 is 0 Å². The van der Waals surface area contributed by atoms with Gasteiger partial charge in [0.05, 0.1) is 31.3 Å². The highest BCUT2D eigenvalue weighted by Crippen LogP contribution is 2.44. The number of rotatable bonds is 2. The van der Waals surface area contributed by atoms with Gasteiger partial charge in [0.1, 0.15) is 4.99 Å². The van der Waals surface area contributed by atoms with Crippen LogP contribution in [-0.4, -0.2) is 10.1 Å². The van der Waals surface area contributed by atoms with Crippen LogP contribution in [0.4, 0.5) is 23.2 Å². The molecule has 0 radical (unpaired) electrons. The summed E-state index contributed by atoms with van der Waals surface area (Å²) in [5.74, 6) is -6.86. The van der Waals surface area contributed by atoms with Gasteiger partial charge in [0.15, 0.2) is 28.4 Å². The Morgan fingerprint density at radius 2 is 1.27 bits per heavy atom. The van der Waals surface area contributed by atoms with Crippen LogP contribution in [0, 0.1) is 23.3 Å². The zero-order valence-electron chi connectivity index (χ0n) is 12.0. The molecule has 0 aliphatic heterocycles. The van der Waals surface area contributed by atoms with Crippen molar-refractivity contribution < 1.29 is 17.6 Å². The Balaban J connectivity index is 2.80. The number of halogens is 8. The molecular formula is C14H4Cl4F4N2S2. The van der Waals surface area contributed by atoms with Crippen molar-refractivity contribution in [1.82, 2.24) is 0 Å². The van der Waals surface area contributed by atoms with Gasteiger partial charge in [-0.25, -0.2) is 17.6 Å². The van der Waals surface area contributed by atoms with Gasteiger partial charge >= 0.3 is 0 Å². The lowest BCUT2D eigenvalue weighted by atomic mass is 10.1. The Hall–Kier alpha value is -0.900. The first-order chi connectivity index (χ1) is 12.0. The molecule has 2 aromatic carbocycles. The summed E-state index contributed by atoms with van der Waals surface area (Å²) in [4.78, 5) is -0.207. The third-order valence-corrected chi connectivity index (χ3v) is 5.19. The highest BCUT2D eigenvalue weighted by molar-refractivity contribution is 7.82. The van der Waals surface area contributed by atoms with Crippen LogP contribution in [0.15, 0.2) is 12.1 Å². The summed E-state index contributed by atoms with van der Waals surface area (Å²) in [6.07, 6.45) is 0. The summed E-state index contributed by atoms with van der Waals surface area (Å²) in [6, 6.07) is 1.22. The Morgan fingerprint density at radius 1 is 0.846 bits per heavy atom. The molecule has 0 saturated carbocycles. The number of nitrogens with two attached hydrogens (primary N) is 1. The van der Waals surface area contributed by atoms with E-state index < -0.39 is 38.9 Å². The van der Waals surface area contributed by atoms with E-state index in [1.165, 1.54) is 6.07 Å². The van der Waals surface area contributed by atoms with E-state index in [2.05, 4.69) is 0 Å². The summed E-state index contributed by atoms with van der Waals surface area (Å²) < 4.78 is 55.2. The van der Waals surface area contributed by atoms with Gasteiger partial charge in [0.2, 0.25) is 0 Å². The molecule has 0 aliphatic carbocycles. The minimum absolute atomic E-state index is 0.0259. The lowest BCUT2D eigenvalue weighted by Crippen LogP contribution is -2.41. The molecule has 0 spiro atoms. The highest BCUT2D eigenvalue weighted by atomic mass is 35.5. The molecule has 138 valence electrons. The van der Waals surface area contributed by atoms with E-state index in [-0.39, 0.29) is 31.8 Å². The van der Waals surface area contributed by atoms with Gasteiger partial charge < -0.3 is 5.73 Å². The maximum absolute atomic E-state index is 14.1. The van der Waals surface area contributed by atoms with Crippen LogP contribution in [-0.2, 0) is 0 Å². The van der Waals surface area contributed by atoms with Crippen molar-refractivity contribution in [1.29, 1.82) is 0 Å². The van der Waals surface area contributed by atoms with Crippen LogP contribution >= 0.6 is 70.8 Å². The zero-order chi connectivity index (χ0) is 19.9. The molecule has 0 unspecified atom stereocenters. The molecule has 0 fully saturated rings. The quantitative estimate of drug-likeness (QED) is 0.310.